The Morgan fingerprint density at radius 1 is 1.37 bits per heavy atom. The average Bonchev–Trinajstić information content (AvgIpc) is 2.26. The molecule has 0 saturated heterocycles. The van der Waals surface area contributed by atoms with Crippen LogP contribution in [0.1, 0.15) is 17.3 Å². The summed E-state index contributed by atoms with van der Waals surface area (Å²) in [7, 11) is -3.94. The van der Waals surface area contributed by atoms with Crippen molar-refractivity contribution in [2.24, 2.45) is 5.14 Å². The molecule has 4 N–H and O–H groups in total. The topological polar surface area (TPSA) is 130 Å². The van der Waals surface area contributed by atoms with E-state index in [4.69, 9.17) is 5.14 Å². The van der Waals surface area contributed by atoms with E-state index in [2.05, 4.69) is 4.98 Å². The van der Waals surface area contributed by atoms with Crippen molar-refractivity contribution < 1.29 is 18.3 Å². The molecule has 0 aliphatic rings. The molecular formula is C11H10N2O5S. The van der Waals surface area contributed by atoms with Crippen molar-refractivity contribution in [2.45, 2.75) is 11.8 Å². The molecule has 0 radical (unpaired) electrons. The summed E-state index contributed by atoms with van der Waals surface area (Å²) in [5, 5.41) is 14.9. The smallest absolute Gasteiger partial charge is 0.263 e. The minimum Gasteiger partial charge on any atom is -0.506 e. The molecule has 0 bridgehead atoms. The predicted octanol–water partition coefficient (Wildman–Crippen LogP) is 0.0837. The van der Waals surface area contributed by atoms with Crippen molar-refractivity contribution in [1.29, 1.82) is 0 Å². The van der Waals surface area contributed by atoms with E-state index >= 15 is 0 Å². The SMILES string of the molecule is CC(=O)c1c(O)c2cc(S(N)(=O)=O)ccc2[nH]c1=O. The van der Waals surface area contributed by atoms with Gasteiger partial charge in [-0.25, -0.2) is 13.6 Å². The van der Waals surface area contributed by atoms with E-state index in [1.807, 2.05) is 0 Å². The third-order valence-corrected chi connectivity index (χ3v) is 3.55. The van der Waals surface area contributed by atoms with Crippen LogP contribution in [0.4, 0.5) is 0 Å². The van der Waals surface area contributed by atoms with Crippen LogP contribution in [0.3, 0.4) is 0 Å². The van der Waals surface area contributed by atoms with Crippen LogP contribution >= 0.6 is 0 Å². The Bertz CT molecular complexity index is 851. The number of sulfonamides is 1. The van der Waals surface area contributed by atoms with Gasteiger partial charge < -0.3 is 10.1 Å². The van der Waals surface area contributed by atoms with Crippen LogP contribution < -0.4 is 10.7 Å². The molecule has 100 valence electrons. The van der Waals surface area contributed by atoms with E-state index in [1.54, 1.807) is 0 Å². The number of Topliss-reactive ketones (excluding diaryl/α,β-unsaturated/α-hetero) is 1. The number of hydrogen-bond donors (Lipinski definition) is 3. The molecule has 0 saturated carbocycles. The lowest BCUT2D eigenvalue weighted by atomic mass is 10.1. The molecule has 0 aliphatic carbocycles. The molecule has 0 amide bonds. The third kappa shape index (κ3) is 2.23. The summed E-state index contributed by atoms with van der Waals surface area (Å²) < 4.78 is 22.5. The predicted molar refractivity (Wildman–Crippen MR) is 67.6 cm³/mol. The second-order valence-corrected chi connectivity index (χ2v) is 5.55. The van der Waals surface area contributed by atoms with Crippen LogP contribution in [0.25, 0.3) is 10.9 Å². The highest BCUT2D eigenvalue weighted by molar-refractivity contribution is 7.89. The second kappa shape index (κ2) is 4.18. The van der Waals surface area contributed by atoms with Gasteiger partial charge in [-0.1, -0.05) is 0 Å². The standard InChI is InChI=1S/C11H10N2O5S/c1-5(14)9-10(15)7-4-6(19(12,17)18)2-3-8(7)13-11(9)16/h2-4H,1H3,(H2,12,17,18)(H2,13,15,16). The van der Waals surface area contributed by atoms with Crippen molar-refractivity contribution in [2.75, 3.05) is 0 Å². The second-order valence-electron chi connectivity index (χ2n) is 3.99. The number of carbonyl (C=O) groups is 1. The highest BCUT2D eigenvalue weighted by Gasteiger charge is 2.17. The van der Waals surface area contributed by atoms with Crippen LogP contribution in [-0.2, 0) is 10.0 Å². The zero-order chi connectivity index (χ0) is 14.4. The van der Waals surface area contributed by atoms with Gasteiger partial charge in [0, 0.05) is 5.39 Å². The number of ketones is 1. The van der Waals surface area contributed by atoms with Crippen LogP contribution in [0.2, 0.25) is 0 Å². The first-order valence-electron chi connectivity index (χ1n) is 5.14. The van der Waals surface area contributed by atoms with E-state index in [0.29, 0.717) is 0 Å². The van der Waals surface area contributed by atoms with Crippen molar-refractivity contribution in [3.8, 4) is 5.75 Å². The number of aromatic hydroxyl groups is 1. The van der Waals surface area contributed by atoms with Gasteiger partial charge in [-0.15, -0.1) is 0 Å². The Balaban J connectivity index is 2.94. The van der Waals surface area contributed by atoms with Crippen LogP contribution in [0, 0.1) is 0 Å². The van der Waals surface area contributed by atoms with Crippen LogP contribution in [-0.4, -0.2) is 24.3 Å². The monoisotopic (exact) mass is 282 g/mol. The lowest BCUT2D eigenvalue weighted by Crippen LogP contribution is -2.17. The minimum absolute atomic E-state index is 0.0383. The van der Waals surface area contributed by atoms with E-state index < -0.39 is 32.7 Å². The van der Waals surface area contributed by atoms with Gasteiger partial charge in [-0.2, -0.15) is 0 Å². The summed E-state index contributed by atoms with van der Waals surface area (Å²) >= 11 is 0. The Morgan fingerprint density at radius 3 is 2.53 bits per heavy atom. The quantitative estimate of drug-likeness (QED) is 0.671. The van der Waals surface area contributed by atoms with Crippen molar-refractivity contribution in [3.05, 3.63) is 34.1 Å². The van der Waals surface area contributed by atoms with E-state index in [9.17, 15) is 23.1 Å². The molecule has 1 aromatic carbocycles. The lowest BCUT2D eigenvalue weighted by molar-refractivity contribution is 0.101. The summed E-state index contributed by atoms with van der Waals surface area (Å²) in [6.45, 7) is 1.12. The van der Waals surface area contributed by atoms with Gasteiger partial charge in [0.1, 0.15) is 11.3 Å². The Morgan fingerprint density at radius 2 is 2.00 bits per heavy atom. The molecular weight excluding hydrogens is 272 g/mol. The normalized spacial score (nSPS) is 11.7. The molecule has 0 spiro atoms. The molecule has 0 fully saturated rings. The number of aromatic nitrogens is 1. The number of carbonyl (C=O) groups excluding carboxylic acids is 1. The molecule has 0 unspecified atom stereocenters. The number of primary sulfonamides is 1. The number of nitrogens with one attached hydrogen (secondary N) is 1. The fourth-order valence-corrected chi connectivity index (χ4v) is 2.30. The maximum Gasteiger partial charge on any atom is 0.263 e. The molecule has 1 heterocycles. The molecule has 0 atom stereocenters. The summed E-state index contributed by atoms with van der Waals surface area (Å²) in [6, 6.07) is 3.59. The largest absolute Gasteiger partial charge is 0.506 e. The van der Waals surface area contributed by atoms with Gasteiger partial charge in [0.15, 0.2) is 5.78 Å². The van der Waals surface area contributed by atoms with E-state index in [-0.39, 0.29) is 15.8 Å². The number of fused-ring (bicyclic) bond motifs is 1. The zero-order valence-electron chi connectivity index (χ0n) is 9.80. The summed E-state index contributed by atoms with van der Waals surface area (Å²) in [6.07, 6.45) is 0. The van der Waals surface area contributed by atoms with Gasteiger partial charge in [-0.3, -0.25) is 9.59 Å². The molecule has 0 aliphatic heterocycles. The molecule has 2 aromatic rings. The maximum absolute atomic E-state index is 11.6. The first-order chi connectivity index (χ1) is 8.71. The first-order valence-corrected chi connectivity index (χ1v) is 6.69. The Labute approximate surface area is 107 Å². The fourth-order valence-electron chi connectivity index (χ4n) is 1.76. The Kier molecular flexibility index (Phi) is 2.91. The maximum atomic E-state index is 11.6. The van der Waals surface area contributed by atoms with Gasteiger partial charge in [-0.05, 0) is 25.1 Å². The van der Waals surface area contributed by atoms with Crippen molar-refractivity contribution in [1.82, 2.24) is 4.98 Å². The number of benzene rings is 1. The lowest BCUT2D eigenvalue weighted by Gasteiger charge is -2.06. The van der Waals surface area contributed by atoms with Gasteiger partial charge in [0.2, 0.25) is 10.0 Å². The van der Waals surface area contributed by atoms with E-state index in [1.165, 1.54) is 12.1 Å². The zero-order valence-corrected chi connectivity index (χ0v) is 10.6. The van der Waals surface area contributed by atoms with Gasteiger partial charge >= 0.3 is 0 Å². The highest BCUT2D eigenvalue weighted by atomic mass is 32.2. The summed E-state index contributed by atoms with van der Waals surface area (Å²) in [5.41, 5.74) is -0.945. The van der Waals surface area contributed by atoms with Gasteiger partial charge in [0.25, 0.3) is 5.56 Å². The minimum atomic E-state index is -3.94. The molecule has 1 aromatic heterocycles. The number of pyridine rings is 1. The number of H-pyrrole nitrogens is 1. The first kappa shape index (κ1) is 13.2. The highest BCUT2D eigenvalue weighted by Crippen LogP contribution is 2.27. The Hall–Kier alpha value is -2.19. The number of hydrogen-bond acceptors (Lipinski definition) is 5. The average molecular weight is 282 g/mol. The molecule has 8 heteroatoms. The number of aromatic amines is 1. The fraction of sp³-hybridized carbons (Fsp3) is 0.0909. The third-order valence-electron chi connectivity index (χ3n) is 2.64. The number of nitrogens with two attached hydrogens (primary N) is 1. The van der Waals surface area contributed by atoms with Crippen LogP contribution in [0.5, 0.6) is 5.75 Å². The summed E-state index contributed by atoms with van der Waals surface area (Å²) in [5.74, 6) is -1.18. The molecule has 7 nitrogen and oxygen atoms in total. The number of rotatable bonds is 2. The van der Waals surface area contributed by atoms with E-state index in [0.717, 1.165) is 13.0 Å². The molecule has 2 rings (SSSR count). The van der Waals surface area contributed by atoms with Gasteiger partial charge in [0.05, 0.1) is 10.4 Å². The van der Waals surface area contributed by atoms with Crippen molar-refractivity contribution in [3.63, 3.8) is 0 Å². The molecule has 19 heavy (non-hydrogen) atoms. The summed E-state index contributed by atoms with van der Waals surface area (Å²) in [4.78, 5) is 25.0. The van der Waals surface area contributed by atoms with Crippen molar-refractivity contribution >= 4 is 26.7 Å². The van der Waals surface area contributed by atoms with Crippen LogP contribution in [0.15, 0.2) is 27.9 Å².